The summed E-state index contributed by atoms with van der Waals surface area (Å²) in [6.07, 6.45) is 6.86. The molecule has 0 saturated carbocycles. The van der Waals surface area contributed by atoms with Crippen LogP contribution in [0.5, 0.6) is 0 Å². The van der Waals surface area contributed by atoms with Gasteiger partial charge < -0.3 is 15.5 Å². The molecule has 3 rings (SSSR count). The van der Waals surface area contributed by atoms with E-state index in [1.807, 2.05) is 0 Å². The molecule has 0 atom stereocenters. The molecule has 21 heavy (non-hydrogen) atoms. The van der Waals surface area contributed by atoms with E-state index in [-0.39, 0.29) is 23.5 Å². The number of hydrogen-bond acceptors (Lipinski definition) is 5. The molecule has 0 bridgehead atoms. The summed E-state index contributed by atoms with van der Waals surface area (Å²) in [4.78, 5) is 14.1. The van der Waals surface area contributed by atoms with E-state index in [1.165, 1.54) is 0 Å². The van der Waals surface area contributed by atoms with Gasteiger partial charge in [0, 0.05) is 18.8 Å². The molecule has 3 heterocycles. The van der Waals surface area contributed by atoms with Gasteiger partial charge in [0.25, 0.3) is 15.9 Å². The Hall–Kier alpha value is -1.67. The third-order valence-corrected chi connectivity index (χ3v) is 4.93. The van der Waals surface area contributed by atoms with Crippen molar-refractivity contribution in [1.82, 2.24) is 15.5 Å². The molecule has 1 amide bonds. The van der Waals surface area contributed by atoms with Crippen molar-refractivity contribution < 1.29 is 13.2 Å². The lowest BCUT2D eigenvalue weighted by Gasteiger charge is -2.30. The number of nitrogens with zero attached hydrogens (tertiary/aromatic N) is 2. The largest absolute Gasteiger partial charge is 0.349 e. The van der Waals surface area contributed by atoms with Gasteiger partial charge in [-0.2, -0.15) is 0 Å². The van der Waals surface area contributed by atoms with E-state index in [1.54, 1.807) is 23.3 Å². The van der Waals surface area contributed by atoms with Crippen LogP contribution >= 0.6 is 0 Å². The Morgan fingerprint density at radius 1 is 1.38 bits per heavy atom. The first-order valence-electron chi connectivity index (χ1n) is 7.05. The molecule has 0 aliphatic carbocycles. The van der Waals surface area contributed by atoms with E-state index in [2.05, 4.69) is 15.0 Å². The number of carbonyl (C=O) groups excluding carboxylic acids is 1. The first kappa shape index (κ1) is 14.3. The van der Waals surface area contributed by atoms with Crippen molar-refractivity contribution in [1.29, 1.82) is 0 Å². The molecule has 1 saturated heterocycles. The van der Waals surface area contributed by atoms with Gasteiger partial charge in [0.15, 0.2) is 5.84 Å². The predicted molar refractivity (Wildman–Crippen MR) is 79.2 cm³/mol. The van der Waals surface area contributed by atoms with Crippen LogP contribution < -0.4 is 10.6 Å². The molecule has 0 spiro atoms. The average molecular weight is 310 g/mol. The summed E-state index contributed by atoms with van der Waals surface area (Å²) in [5.41, 5.74) is 0.319. The maximum Gasteiger partial charge on any atom is 0.256 e. The van der Waals surface area contributed by atoms with Crippen LogP contribution in [0, 0.1) is 0 Å². The summed E-state index contributed by atoms with van der Waals surface area (Å²) in [5.74, 6) is -0.0494. The minimum absolute atomic E-state index is 0.0238. The molecule has 1 fully saturated rings. The Morgan fingerprint density at radius 2 is 2.14 bits per heavy atom. The zero-order valence-electron chi connectivity index (χ0n) is 11.6. The van der Waals surface area contributed by atoms with Crippen LogP contribution in [0.4, 0.5) is 0 Å². The summed E-state index contributed by atoms with van der Waals surface area (Å²) >= 11 is 0. The molecule has 0 unspecified atom stereocenters. The van der Waals surface area contributed by atoms with Crippen molar-refractivity contribution in [3.63, 3.8) is 0 Å². The van der Waals surface area contributed by atoms with Crippen LogP contribution in [0.2, 0.25) is 0 Å². The van der Waals surface area contributed by atoms with Crippen molar-refractivity contribution in [3.8, 4) is 0 Å². The Morgan fingerprint density at radius 3 is 2.90 bits per heavy atom. The molecule has 3 aliphatic rings. The molecule has 0 aromatic heterocycles. The highest BCUT2D eigenvalue weighted by molar-refractivity contribution is 7.90. The average Bonchev–Trinajstić information content (AvgIpc) is 2.46. The minimum Gasteiger partial charge on any atom is -0.349 e. The summed E-state index contributed by atoms with van der Waals surface area (Å²) in [6, 6.07) is 0.125. The third kappa shape index (κ3) is 3.16. The van der Waals surface area contributed by atoms with Crippen LogP contribution in [0.25, 0.3) is 0 Å². The number of piperidine rings is 1. The Bertz CT molecular complexity index is 630. The van der Waals surface area contributed by atoms with Gasteiger partial charge in [-0.25, -0.2) is 8.42 Å². The second kappa shape index (κ2) is 5.61. The molecular weight excluding hydrogens is 292 g/mol. The van der Waals surface area contributed by atoms with Gasteiger partial charge in [0.1, 0.15) is 0 Å². The number of sulfonamides is 1. The number of amidine groups is 1. The fourth-order valence-electron chi connectivity index (χ4n) is 2.62. The van der Waals surface area contributed by atoms with E-state index in [9.17, 15) is 13.2 Å². The Kier molecular flexibility index (Phi) is 3.81. The molecule has 0 aromatic carbocycles. The van der Waals surface area contributed by atoms with Crippen LogP contribution in [0.1, 0.15) is 12.8 Å². The van der Waals surface area contributed by atoms with Crippen LogP contribution in [-0.2, 0) is 14.8 Å². The number of carbonyl (C=O) groups is 1. The molecule has 0 aromatic rings. The highest BCUT2D eigenvalue weighted by Gasteiger charge is 2.30. The highest BCUT2D eigenvalue weighted by Crippen LogP contribution is 2.18. The van der Waals surface area contributed by atoms with Gasteiger partial charge in [-0.1, -0.05) is 0 Å². The number of allylic oxidation sites excluding steroid dienone is 2. The van der Waals surface area contributed by atoms with E-state index in [0.29, 0.717) is 12.1 Å². The van der Waals surface area contributed by atoms with Gasteiger partial charge in [0.05, 0.1) is 11.3 Å². The maximum absolute atomic E-state index is 12.4. The molecule has 3 aliphatic heterocycles. The molecule has 114 valence electrons. The summed E-state index contributed by atoms with van der Waals surface area (Å²) in [6.45, 7) is 2.09. The number of rotatable bonds is 2. The van der Waals surface area contributed by atoms with Crippen LogP contribution in [0.15, 0.2) is 28.3 Å². The van der Waals surface area contributed by atoms with Crippen LogP contribution in [0.3, 0.4) is 0 Å². The molecule has 7 nitrogen and oxygen atoms in total. The Labute approximate surface area is 123 Å². The SMILES string of the molecule is O=C(NC1CCNCC1)C1=CC=CN2CCS(=O)(=O)N=C12. The molecule has 2 N–H and O–H groups in total. The Balaban J connectivity index is 1.79. The summed E-state index contributed by atoms with van der Waals surface area (Å²) in [5, 5.41) is 6.20. The highest BCUT2D eigenvalue weighted by atomic mass is 32.2. The van der Waals surface area contributed by atoms with E-state index >= 15 is 0 Å². The lowest BCUT2D eigenvalue weighted by Crippen LogP contribution is -2.47. The summed E-state index contributed by atoms with van der Waals surface area (Å²) in [7, 11) is -3.47. The molecular formula is C13H18N4O3S. The van der Waals surface area contributed by atoms with E-state index in [4.69, 9.17) is 0 Å². The lowest BCUT2D eigenvalue weighted by atomic mass is 10.0. The van der Waals surface area contributed by atoms with Gasteiger partial charge in [0.2, 0.25) is 0 Å². The van der Waals surface area contributed by atoms with Crippen LogP contribution in [-0.4, -0.2) is 56.5 Å². The zero-order valence-corrected chi connectivity index (χ0v) is 12.4. The summed E-state index contributed by atoms with van der Waals surface area (Å²) < 4.78 is 27.1. The number of hydrogen-bond donors (Lipinski definition) is 2. The standard InChI is InChI=1S/C13H18N4O3S/c18-13(15-10-3-5-14-6-4-10)11-2-1-7-17-8-9-21(19,20)16-12(11)17/h1-2,7,10,14H,3-6,8-9H2,(H,15,18). The van der Waals surface area contributed by atoms with Crippen molar-refractivity contribution in [2.24, 2.45) is 4.40 Å². The van der Waals surface area contributed by atoms with Gasteiger partial charge >= 0.3 is 0 Å². The van der Waals surface area contributed by atoms with Gasteiger partial charge in [-0.15, -0.1) is 4.40 Å². The number of amides is 1. The fraction of sp³-hybridized carbons (Fsp3) is 0.538. The smallest absolute Gasteiger partial charge is 0.256 e. The second-order valence-electron chi connectivity index (χ2n) is 5.31. The quantitative estimate of drug-likeness (QED) is 0.707. The first-order chi connectivity index (χ1) is 10.1. The van der Waals surface area contributed by atoms with Crippen molar-refractivity contribution in [3.05, 3.63) is 23.9 Å². The monoisotopic (exact) mass is 310 g/mol. The van der Waals surface area contributed by atoms with Gasteiger partial charge in [-0.3, -0.25) is 4.79 Å². The fourth-order valence-corrected chi connectivity index (χ4v) is 3.61. The zero-order chi connectivity index (χ0) is 14.9. The van der Waals surface area contributed by atoms with E-state index in [0.717, 1.165) is 25.9 Å². The first-order valence-corrected chi connectivity index (χ1v) is 8.66. The van der Waals surface area contributed by atoms with Crippen molar-refractivity contribution >= 4 is 21.8 Å². The molecule has 8 heteroatoms. The van der Waals surface area contributed by atoms with Crippen molar-refractivity contribution in [2.75, 3.05) is 25.4 Å². The van der Waals surface area contributed by atoms with E-state index < -0.39 is 10.0 Å². The normalized spacial score (nSPS) is 24.9. The minimum atomic E-state index is -3.47. The topological polar surface area (TPSA) is 90.9 Å². The number of fused-ring (bicyclic) bond motifs is 1. The third-order valence-electron chi connectivity index (χ3n) is 3.78. The van der Waals surface area contributed by atoms with Gasteiger partial charge in [-0.05, 0) is 38.1 Å². The lowest BCUT2D eigenvalue weighted by molar-refractivity contribution is -0.117. The molecule has 0 radical (unpaired) electrons. The predicted octanol–water partition coefficient (Wildman–Crippen LogP) is -0.648. The number of nitrogens with one attached hydrogen (secondary N) is 2. The maximum atomic E-state index is 12.4. The second-order valence-corrected chi connectivity index (χ2v) is 7.07. The van der Waals surface area contributed by atoms with Crippen molar-refractivity contribution in [2.45, 2.75) is 18.9 Å².